The number of ether oxygens (including phenoxy) is 1. The normalized spacial score (nSPS) is 10.6. The number of hydrogen-bond acceptors (Lipinski definition) is 4. The molecule has 1 heterocycles. The molecular formula is C19H16BrNO2S. The summed E-state index contributed by atoms with van der Waals surface area (Å²) in [6, 6.07) is 15.9. The zero-order valence-corrected chi connectivity index (χ0v) is 15.6. The van der Waals surface area contributed by atoms with Crippen LogP contribution >= 0.6 is 27.3 Å². The van der Waals surface area contributed by atoms with E-state index in [1.165, 1.54) is 5.56 Å². The quantitative estimate of drug-likeness (QED) is 0.553. The lowest BCUT2D eigenvalue weighted by atomic mass is 10.2. The second kappa shape index (κ2) is 7.73. The van der Waals surface area contributed by atoms with Crippen LogP contribution in [0.15, 0.2) is 58.4 Å². The van der Waals surface area contributed by atoms with Crippen LogP contribution < -0.4 is 0 Å². The van der Waals surface area contributed by atoms with Gasteiger partial charge in [-0.1, -0.05) is 57.9 Å². The smallest absolute Gasteiger partial charge is 0.310 e. The monoisotopic (exact) mass is 401 g/mol. The van der Waals surface area contributed by atoms with Crippen LogP contribution in [-0.2, 0) is 22.6 Å². The molecule has 0 spiro atoms. The van der Waals surface area contributed by atoms with Crippen LogP contribution in [0.5, 0.6) is 0 Å². The van der Waals surface area contributed by atoms with Crippen LogP contribution in [0.3, 0.4) is 0 Å². The molecule has 0 aliphatic rings. The average molecular weight is 402 g/mol. The maximum atomic E-state index is 11.9. The van der Waals surface area contributed by atoms with Gasteiger partial charge in [0.05, 0.1) is 12.1 Å². The third-order valence-corrected chi connectivity index (χ3v) is 4.96. The lowest BCUT2D eigenvalue weighted by Crippen LogP contribution is -2.08. The molecule has 122 valence electrons. The number of nitrogens with zero attached hydrogens (tertiary/aromatic N) is 1. The lowest BCUT2D eigenvalue weighted by molar-refractivity contribution is -0.144. The average Bonchev–Trinajstić information content (AvgIpc) is 3.05. The van der Waals surface area contributed by atoms with E-state index < -0.39 is 0 Å². The molecule has 0 aliphatic carbocycles. The van der Waals surface area contributed by atoms with Gasteiger partial charge in [-0.05, 0) is 24.6 Å². The highest BCUT2D eigenvalue weighted by atomic mass is 79.9. The second-order valence-electron chi connectivity index (χ2n) is 5.47. The predicted molar refractivity (Wildman–Crippen MR) is 99.9 cm³/mol. The van der Waals surface area contributed by atoms with Crippen LogP contribution in [0.2, 0.25) is 0 Å². The summed E-state index contributed by atoms with van der Waals surface area (Å²) in [6.45, 7) is 2.26. The fourth-order valence-electron chi connectivity index (χ4n) is 2.18. The van der Waals surface area contributed by atoms with Gasteiger partial charge in [0.2, 0.25) is 0 Å². The topological polar surface area (TPSA) is 39.2 Å². The SMILES string of the molecule is Cc1ccc(-c2nc(COC(=O)Cc3ccc(Br)cc3)cs2)cc1. The Labute approximate surface area is 153 Å². The molecule has 0 N–H and O–H groups in total. The summed E-state index contributed by atoms with van der Waals surface area (Å²) in [4.78, 5) is 16.5. The molecule has 3 nitrogen and oxygen atoms in total. The van der Waals surface area contributed by atoms with E-state index in [1.54, 1.807) is 11.3 Å². The van der Waals surface area contributed by atoms with Crippen molar-refractivity contribution in [3.05, 3.63) is 75.2 Å². The van der Waals surface area contributed by atoms with Gasteiger partial charge in [-0.3, -0.25) is 4.79 Å². The van der Waals surface area contributed by atoms with Crippen molar-refractivity contribution < 1.29 is 9.53 Å². The summed E-state index contributed by atoms with van der Waals surface area (Å²) in [5.41, 5.74) is 4.01. The second-order valence-corrected chi connectivity index (χ2v) is 7.25. The Morgan fingerprint density at radius 2 is 1.83 bits per heavy atom. The molecule has 5 heteroatoms. The molecule has 0 unspecified atom stereocenters. The Kier molecular flexibility index (Phi) is 5.43. The summed E-state index contributed by atoms with van der Waals surface area (Å²) in [6.07, 6.45) is 0.266. The van der Waals surface area contributed by atoms with Gasteiger partial charge in [-0.2, -0.15) is 0 Å². The van der Waals surface area contributed by atoms with Crippen LogP contribution in [0.4, 0.5) is 0 Å². The van der Waals surface area contributed by atoms with Crippen LogP contribution in [0.25, 0.3) is 10.6 Å². The summed E-state index contributed by atoms with van der Waals surface area (Å²) < 4.78 is 6.32. The Morgan fingerprint density at radius 3 is 2.54 bits per heavy atom. The number of carbonyl (C=O) groups excluding carboxylic acids is 1. The van der Waals surface area contributed by atoms with Crippen molar-refractivity contribution in [1.82, 2.24) is 4.98 Å². The predicted octanol–water partition coefficient (Wildman–Crippen LogP) is 5.17. The summed E-state index contributed by atoms with van der Waals surface area (Å²) in [5, 5.41) is 2.87. The third-order valence-electron chi connectivity index (χ3n) is 3.49. The molecule has 0 aliphatic heterocycles. The highest BCUT2D eigenvalue weighted by Gasteiger charge is 2.09. The van der Waals surface area contributed by atoms with E-state index in [2.05, 4.69) is 52.1 Å². The fraction of sp³-hybridized carbons (Fsp3) is 0.158. The molecular weight excluding hydrogens is 386 g/mol. The number of carbonyl (C=O) groups is 1. The van der Waals surface area contributed by atoms with E-state index in [-0.39, 0.29) is 19.0 Å². The number of halogens is 1. The number of rotatable bonds is 5. The van der Waals surface area contributed by atoms with Crippen molar-refractivity contribution in [3.8, 4) is 10.6 Å². The van der Waals surface area contributed by atoms with Crippen LogP contribution in [0, 0.1) is 6.92 Å². The van der Waals surface area contributed by atoms with Crippen molar-refractivity contribution in [2.45, 2.75) is 20.0 Å². The molecule has 0 amide bonds. The van der Waals surface area contributed by atoms with E-state index in [0.717, 1.165) is 26.3 Å². The minimum absolute atomic E-state index is 0.206. The minimum atomic E-state index is -0.248. The molecule has 24 heavy (non-hydrogen) atoms. The van der Waals surface area contributed by atoms with Gasteiger partial charge in [0.15, 0.2) is 0 Å². The first-order valence-electron chi connectivity index (χ1n) is 7.52. The largest absolute Gasteiger partial charge is 0.459 e. The zero-order chi connectivity index (χ0) is 16.9. The Balaban J connectivity index is 1.56. The molecule has 1 aromatic heterocycles. The Bertz CT molecular complexity index is 825. The van der Waals surface area contributed by atoms with Gasteiger partial charge < -0.3 is 4.74 Å². The number of aromatic nitrogens is 1. The lowest BCUT2D eigenvalue weighted by Gasteiger charge is -2.03. The molecule has 2 aromatic carbocycles. The number of aryl methyl sites for hydroxylation is 1. The number of hydrogen-bond donors (Lipinski definition) is 0. The van der Waals surface area contributed by atoms with Crippen molar-refractivity contribution >= 4 is 33.2 Å². The summed E-state index contributed by atoms with van der Waals surface area (Å²) in [7, 11) is 0. The highest BCUT2D eigenvalue weighted by molar-refractivity contribution is 9.10. The number of thiazole rings is 1. The molecule has 3 rings (SSSR count). The van der Waals surface area contributed by atoms with E-state index >= 15 is 0 Å². The van der Waals surface area contributed by atoms with Crippen molar-refractivity contribution in [2.75, 3.05) is 0 Å². The molecule has 0 saturated heterocycles. The van der Waals surface area contributed by atoms with Crippen molar-refractivity contribution in [2.24, 2.45) is 0 Å². The van der Waals surface area contributed by atoms with Crippen LogP contribution in [-0.4, -0.2) is 11.0 Å². The van der Waals surface area contributed by atoms with Gasteiger partial charge in [0.1, 0.15) is 11.6 Å². The molecule has 0 atom stereocenters. The summed E-state index contributed by atoms with van der Waals surface area (Å²) >= 11 is 4.93. The minimum Gasteiger partial charge on any atom is -0.459 e. The zero-order valence-electron chi connectivity index (χ0n) is 13.2. The van der Waals surface area contributed by atoms with E-state index in [9.17, 15) is 4.79 Å². The van der Waals surface area contributed by atoms with Gasteiger partial charge in [0, 0.05) is 15.4 Å². The van der Waals surface area contributed by atoms with Crippen molar-refractivity contribution in [1.29, 1.82) is 0 Å². The van der Waals surface area contributed by atoms with Crippen molar-refractivity contribution in [3.63, 3.8) is 0 Å². The van der Waals surface area contributed by atoms with E-state index in [4.69, 9.17) is 4.74 Å². The highest BCUT2D eigenvalue weighted by Crippen LogP contribution is 2.24. The standard InChI is InChI=1S/C19H16BrNO2S/c1-13-2-6-15(7-3-13)19-21-17(12-24-19)11-23-18(22)10-14-4-8-16(20)9-5-14/h2-9,12H,10-11H2,1H3. The number of esters is 1. The molecule has 0 fully saturated rings. The molecule has 0 bridgehead atoms. The molecule has 0 saturated carbocycles. The van der Waals surface area contributed by atoms with Crippen LogP contribution in [0.1, 0.15) is 16.8 Å². The molecule has 0 radical (unpaired) electrons. The Morgan fingerprint density at radius 1 is 1.12 bits per heavy atom. The third kappa shape index (κ3) is 4.52. The maximum Gasteiger partial charge on any atom is 0.310 e. The molecule has 3 aromatic rings. The maximum absolute atomic E-state index is 11.9. The fourth-order valence-corrected chi connectivity index (χ4v) is 3.25. The Hall–Kier alpha value is -1.98. The van der Waals surface area contributed by atoms with Gasteiger partial charge in [-0.15, -0.1) is 11.3 Å². The number of benzene rings is 2. The van der Waals surface area contributed by atoms with E-state index in [0.29, 0.717) is 0 Å². The van der Waals surface area contributed by atoms with Gasteiger partial charge in [-0.25, -0.2) is 4.98 Å². The first kappa shape index (κ1) is 16.9. The first-order valence-corrected chi connectivity index (χ1v) is 9.19. The van der Waals surface area contributed by atoms with Gasteiger partial charge in [0.25, 0.3) is 0 Å². The first-order chi connectivity index (χ1) is 11.6. The van der Waals surface area contributed by atoms with E-state index in [1.807, 2.05) is 29.6 Å². The summed E-state index contributed by atoms with van der Waals surface area (Å²) in [5.74, 6) is -0.248. The van der Waals surface area contributed by atoms with Gasteiger partial charge >= 0.3 is 5.97 Å².